The topological polar surface area (TPSA) is 74.5 Å². The van der Waals surface area contributed by atoms with E-state index in [1.807, 2.05) is 37.8 Å². The highest BCUT2D eigenvalue weighted by Crippen LogP contribution is 2.21. The van der Waals surface area contributed by atoms with Crippen LogP contribution in [0.25, 0.3) is 0 Å². The molecule has 0 unspecified atom stereocenters. The molecule has 3 rings (SSSR count). The molecule has 0 spiro atoms. The van der Waals surface area contributed by atoms with Crippen LogP contribution in [0.2, 0.25) is 0 Å². The lowest BCUT2D eigenvalue weighted by Crippen LogP contribution is -2.40. The van der Waals surface area contributed by atoms with Gasteiger partial charge in [-0.2, -0.15) is 5.10 Å². The van der Waals surface area contributed by atoms with Crippen LogP contribution >= 0.6 is 0 Å². The molecule has 1 aliphatic heterocycles. The van der Waals surface area contributed by atoms with Crippen LogP contribution in [0.4, 0.5) is 0 Å². The van der Waals surface area contributed by atoms with Crippen LogP contribution in [-0.2, 0) is 24.8 Å². The molecule has 27 heavy (non-hydrogen) atoms. The van der Waals surface area contributed by atoms with Gasteiger partial charge in [0.05, 0.1) is 17.8 Å². The van der Waals surface area contributed by atoms with Crippen LogP contribution in [0.3, 0.4) is 0 Å². The van der Waals surface area contributed by atoms with Crippen LogP contribution < -0.4 is 0 Å². The Morgan fingerprint density at radius 2 is 2.15 bits per heavy atom. The monoisotopic (exact) mass is 371 g/mol. The van der Waals surface area contributed by atoms with Crippen LogP contribution in [-0.4, -0.2) is 67.9 Å². The number of hydrogen-bond acceptors (Lipinski definition) is 5. The van der Waals surface area contributed by atoms with Crippen molar-refractivity contribution < 1.29 is 9.90 Å². The number of carbonyl (C=O) groups is 1. The molecule has 1 N–H and O–H groups in total. The molecule has 1 fully saturated rings. The van der Waals surface area contributed by atoms with E-state index in [9.17, 15) is 9.90 Å². The first-order valence-corrected chi connectivity index (χ1v) is 9.41. The lowest BCUT2D eigenvalue weighted by Gasteiger charge is -2.26. The number of aliphatic hydroxyl groups excluding tert-OH is 1. The Kier molecular flexibility index (Phi) is 5.92. The van der Waals surface area contributed by atoms with Crippen LogP contribution in [0, 0.1) is 13.8 Å². The second kappa shape index (κ2) is 8.19. The SMILES string of the molecule is Cc1nn(C)c(C)c1CN(C)[C@H]1CN(C(=O)CCc2cccnc2)C[C@@H]1O. The van der Waals surface area contributed by atoms with Gasteiger partial charge in [0.1, 0.15) is 0 Å². The van der Waals surface area contributed by atoms with E-state index in [1.165, 1.54) is 5.56 Å². The summed E-state index contributed by atoms with van der Waals surface area (Å²) >= 11 is 0. The maximum absolute atomic E-state index is 12.6. The van der Waals surface area contributed by atoms with Crippen molar-refractivity contribution in [3.8, 4) is 0 Å². The number of carbonyl (C=O) groups excluding carboxylic acids is 1. The van der Waals surface area contributed by atoms with Gasteiger partial charge in [0.25, 0.3) is 0 Å². The average molecular weight is 371 g/mol. The zero-order chi connectivity index (χ0) is 19.6. The third-order valence-electron chi connectivity index (χ3n) is 5.59. The van der Waals surface area contributed by atoms with Gasteiger partial charge < -0.3 is 10.0 Å². The van der Waals surface area contributed by atoms with Gasteiger partial charge in [0, 0.05) is 56.8 Å². The highest BCUT2D eigenvalue weighted by molar-refractivity contribution is 5.77. The highest BCUT2D eigenvalue weighted by Gasteiger charge is 2.36. The molecule has 0 aromatic carbocycles. The fraction of sp³-hybridized carbons (Fsp3) is 0.550. The third kappa shape index (κ3) is 4.36. The second-order valence-electron chi connectivity index (χ2n) is 7.48. The quantitative estimate of drug-likeness (QED) is 0.822. The molecular weight excluding hydrogens is 342 g/mol. The van der Waals surface area contributed by atoms with Gasteiger partial charge in [-0.25, -0.2) is 0 Å². The summed E-state index contributed by atoms with van der Waals surface area (Å²) in [4.78, 5) is 20.6. The van der Waals surface area contributed by atoms with Crippen LogP contribution in [0.1, 0.15) is 28.9 Å². The molecule has 146 valence electrons. The molecular formula is C20H29N5O2. The number of aliphatic hydroxyl groups is 1. The number of nitrogens with zero attached hydrogens (tertiary/aromatic N) is 5. The zero-order valence-electron chi connectivity index (χ0n) is 16.6. The number of β-amino-alcohol motifs (C(OH)–C–C–N with tert-alkyl or cyclic N) is 1. The van der Waals surface area contributed by atoms with Gasteiger partial charge in [-0.3, -0.25) is 19.4 Å². The largest absolute Gasteiger partial charge is 0.390 e. The Hall–Kier alpha value is -2.25. The molecule has 0 aliphatic carbocycles. The fourth-order valence-corrected chi connectivity index (χ4v) is 3.77. The molecule has 1 aliphatic rings. The molecule has 1 saturated heterocycles. The van der Waals surface area contributed by atoms with Gasteiger partial charge in [-0.05, 0) is 38.9 Å². The van der Waals surface area contributed by atoms with E-state index >= 15 is 0 Å². The van der Waals surface area contributed by atoms with Crippen LogP contribution in [0.5, 0.6) is 0 Å². The Labute approximate surface area is 160 Å². The second-order valence-corrected chi connectivity index (χ2v) is 7.48. The van der Waals surface area contributed by atoms with E-state index in [2.05, 4.69) is 21.9 Å². The molecule has 7 nitrogen and oxygen atoms in total. The number of likely N-dealkylation sites (N-methyl/N-ethyl adjacent to an activating group) is 1. The molecule has 2 aromatic rings. The number of amides is 1. The maximum atomic E-state index is 12.6. The number of aromatic nitrogens is 3. The summed E-state index contributed by atoms with van der Waals surface area (Å²) in [6, 6.07) is 3.80. The van der Waals surface area contributed by atoms with Gasteiger partial charge in [-0.15, -0.1) is 0 Å². The summed E-state index contributed by atoms with van der Waals surface area (Å²) in [6.45, 7) is 5.73. The highest BCUT2D eigenvalue weighted by atomic mass is 16.3. The maximum Gasteiger partial charge on any atom is 0.223 e. The van der Waals surface area contributed by atoms with E-state index in [0.717, 1.165) is 17.0 Å². The van der Waals surface area contributed by atoms with Gasteiger partial charge >= 0.3 is 0 Å². The van der Waals surface area contributed by atoms with Crippen molar-refractivity contribution in [3.63, 3.8) is 0 Å². The normalized spacial score (nSPS) is 19.9. The van der Waals surface area contributed by atoms with Crippen molar-refractivity contribution in [1.82, 2.24) is 24.6 Å². The summed E-state index contributed by atoms with van der Waals surface area (Å²) in [5.74, 6) is 0.0857. The molecule has 0 radical (unpaired) electrons. The van der Waals surface area contributed by atoms with E-state index in [0.29, 0.717) is 32.5 Å². The van der Waals surface area contributed by atoms with E-state index in [4.69, 9.17) is 0 Å². The van der Waals surface area contributed by atoms with Crippen molar-refractivity contribution in [2.24, 2.45) is 7.05 Å². The number of aryl methyl sites for hydroxylation is 3. The van der Waals surface area contributed by atoms with Crippen molar-refractivity contribution in [3.05, 3.63) is 47.0 Å². The van der Waals surface area contributed by atoms with Crippen molar-refractivity contribution >= 4 is 5.91 Å². The number of pyridine rings is 1. The molecule has 3 heterocycles. The lowest BCUT2D eigenvalue weighted by molar-refractivity contribution is -0.130. The molecule has 0 saturated carbocycles. The first-order chi connectivity index (χ1) is 12.9. The van der Waals surface area contributed by atoms with Crippen molar-refractivity contribution in [2.45, 2.75) is 45.4 Å². The number of rotatable bonds is 6. The number of hydrogen-bond donors (Lipinski definition) is 1. The predicted molar refractivity (Wildman–Crippen MR) is 103 cm³/mol. The van der Waals surface area contributed by atoms with Gasteiger partial charge in [0.2, 0.25) is 5.91 Å². The molecule has 7 heteroatoms. The van der Waals surface area contributed by atoms with E-state index in [-0.39, 0.29) is 11.9 Å². The minimum Gasteiger partial charge on any atom is -0.390 e. The average Bonchev–Trinajstić information content (AvgIpc) is 3.15. The molecule has 2 aromatic heterocycles. The standard InChI is InChI=1S/C20H29N5O2/c1-14-17(15(2)24(4)22-14)11-23(3)18-12-25(13-19(18)26)20(27)8-7-16-6-5-9-21-10-16/h5-6,9-10,18-19,26H,7-8,11-13H2,1-4H3/t18-,19-/m0/s1. The molecule has 0 bridgehead atoms. The predicted octanol–water partition coefficient (Wildman–Crippen LogP) is 1.07. The summed E-state index contributed by atoms with van der Waals surface area (Å²) in [6.07, 6.45) is 4.11. The van der Waals surface area contributed by atoms with Crippen LogP contribution in [0.15, 0.2) is 24.5 Å². The summed E-state index contributed by atoms with van der Waals surface area (Å²) < 4.78 is 1.89. The van der Waals surface area contributed by atoms with E-state index in [1.54, 1.807) is 17.3 Å². The smallest absolute Gasteiger partial charge is 0.223 e. The van der Waals surface area contributed by atoms with E-state index < -0.39 is 6.10 Å². The third-order valence-corrected chi connectivity index (χ3v) is 5.59. The summed E-state index contributed by atoms with van der Waals surface area (Å²) in [5, 5.41) is 15.0. The first-order valence-electron chi connectivity index (χ1n) is 9.41. The summed E-state index contributed by atoms with van der Waals surface area (Å²) in [7, 11) is 3.95. The van der Waals surface area contributed by atoms with Crippen molar-refractivity contribution in [1.29, 1.82) is 0 Å². The Balaban J connectivity index is 1.57. The Morgan fingerprint density at radius 1 is 1.37 bits per heavy atom. The van der Waals surface area contributed by atoms with Gasteiger partial charge in [0.15, 0.2) is 0 Å². The van der Waals surface area contributed by atoms with Gasteiger partial charge in [-0.1, -0.05) is 6.07 Å². The minimum atomic E-state index is -0.533. The lowest BCUT2D eigenvalue weighted by atomic mass is 10.1. The summed E-state index contributed by atoms with van der Waals surface area (Å²) in [5.41, 5.74) is 4.39. The Bertz CT molecular complexity index is 789. The molecule has 1 amide bonds. The molecule has 2 atom stereocenters. The first kappa shape index (κ1) is 19.5. The van der Waals surface area contributed by atoms with Crippen molar-refractivity contribution in [2.75, 3.05) is 20.1 Å². The minimum absolute atomic E-state index is 0.0636. The fourth-order valence-electron chi connectivity index (χ4n) is 3.77. The number of likely N-dealkylation sites (tertiary alicyclic amines) is 1. The Morgan fingerprint density at radius 3 is 2.78 bits per heavy atom. The zero-order valence-corrected chi connectivity index (χ0v) is 16.6.